The highest BCUT2D eigenvalue weighted by atomic mass is 15.0. The number of hydrogen-bond donors (Lipinski definition) is 1. The number of hydrogen-bond acceptors (Lipinski definition) is 2. The molecule has 0 aromatic heterocycles. The van der Waals surface area contributed by atoms with Crippen LogP contribution in [0.5, 0.6) is 0 Å². The van der Waals surface area contributed by atoms with Crippen molar-refractivity contribution in [2.45, 2.75) is 58.9 Å². The normalized spacial score (nSPS) is 24.9. The second-order valence-electron chi connectivity index (χ2n) is 5.59. The molecular formula is C13H24N2. The first-order chi connectivity index (χ1) is 7.09. The largest absolute Gasteiger partial charge is 0.313 e. The van der Waals surface area contributed by atoms with Crippen LogP contribution >= 0.6 is 0 Å². The summed E-state index contributed by atoms with van der Waals surface area (Å²) in [5.74, 6) is 0.932. The van der Waals surface area contributed by atoms with Crippen molar-refractivity contribution in [3.63, 3.8) is 0 Å². The van der Waals surface area contributed by atoms with E-state index in [4.69, 9.17) is 5.26 Å². The van der Waals surface area contributed by atoms with E-state index in [1.54, 1.807) is 0 Å². The molecule has 1 aliphatic rings. The third-order valence-corrected chi connectivity index (χ3v) is 3.34. The lowest BCUT2D eigenvalue weighted by Crippen LogP contribution is -2.31. The van der Waals surface area contributed by atoms with Gasteiger partial charge in [0.15, 0.2) is 0 Å². The minimum absolute atomic E-state index is 0.273. The van der Waals surface area contributed by atoms with Gasteiger partial charge in [0.1, 0.15) is 0 Å². The Labute approximate surface area is 94.1 Å². The van der Waals surface area contributed by atoms with Crippen LogP contribution in [0, 0.1) is 22.7 Å². The summed E-state index contributed by atoms with van der Waals surface area (Å²) in [6, 6.07) is 3.00. The molecule has 1 saturated carbocycles. The molecule has 0 aromatic carbocycles. The van der Waals surface area contributed by atoms with E-state index in [0.29, 0.717) is 6.42 Å². The van der Waals surface area contributed by atoms with Gasteiger partial charge in [0.2, 0.25) is 0 Å². The maximum atomic E-state index is 8.56. The Balaban J connectivity index is 2.12. The first kappa shape index (κ1) is 12.5. The zero-order valence-corrected chi connectivity index (χ0v) is 10.3. The van der Waals surface area contributed by atoms with E-state index < -0.39 is 0 Å². The quantitative estimate of drug-likeness (QED) is 0.698. The molecule has 1 aliphatic carbocycles. The van der Waals surface area contributed by atoms with Crippen molar-refractivity contribution < 1.29 is 0 Å². The first-order valence-electron chi connectivity index (χ1n) is 6.19. The van der Waals surface area contributed by atoms with E-state index in [9.17, 15) is 0 Å². The Morgan fingerprint density at radius 3 is 2.80 bits per heavy atom. The molecule has 0 heterocycles. The number of rotatable bonds is 7. The van der Waals surface area contributed by atoms with Gasteiger partial charge in [-0.3, -0.25) is 0 Å². The zero-order chi connectivity index (χ0) is 11.3. The molecule has 1 fully saturated rings. The molecule has 0 aliphatic heterocycles. The van der Waals surface area contributed by atoms with Gasteiger partial charge in [-0.15, -0.1) is 0 Å². The summed E-state index contributed by atoms with van der Waals surface area (Å²) in [5.41, 5.74) is 0.273. The second kappa shape index (κ2) is 5.51. The molecule has 2 unspecified atom stereocenters. The van der Waals surface area contributed by atoms with Gasteiger partial charge in [-0.1, -0.05) is 27.2 Å². The molecule has 0 spiro atoms. The van der Waals surface area contributed by atoms with Crippen molar-refractivity contribution in [2.24, 2.45) is 11.3 Å². The smallest absolute Gasteiger partial charge is 0.0621 e. The lowest BCUT2D eigenvalue weighted by Gasteiger charge is -2.24. The van der Waals surface area contributed by atoms with Gasteiger partial charge in [-0.05, 0) is 30.6 Å². The maximum Gasteiger partial charge on any atom is 0.0621 e. The standard InChI is InChI=1S/C13H24N2/c1-4-6-11-9-12(11)15-10-13(2,3)7-5-8-14/h11-12,15H,4-7,9-10H2,1-3H3. The maximum absolute atomic E-state index is 8.56. The fourth-order valence-corrected chi connectivity index (χ4v) is 2.08. The van der Waals surface area contributed by atoms with E-state index in [1.807, 2.05) is 0 Å². The molecule has 0 saturated heterocycles. The van der Waals surface area contributed by atoms with Gasteiger partial charge in [0.05, 0.1) is 6.07 Å². The van der Waals surface area contributed by atoms with Crippen molar-refractivity contribution in [1.82, 2.24) is 5.32 Å². The lowest BCUT2D eigenvalue weighted by atomic mass is 9.88. The Bertz CT molecular complexity index is 227. The van der Waals surface area contributed by atoms with Crippen LogP contribution in [-0.4, -0.2) is 12.6 Å². The van der Waals surface area contributed by atoms with Crippen LogP contribution in [0.1, 0.15) is 52.9 Å². The Morgan fingerprint density at radius 1 is 1.47 bits per heavy atom. The first-order valence-corrected chi connectivity index (χ1v) is 6.19. The van der Waals surface area contributed by atoms with E-state index in [0.717, 1.165) is 24.9 Å². The molecule has 0 radical (unpaired) electrons. The van der Waals surface area contributed by atoms with Crippen LogP contribution < -0.4 is 5.32 Å². The summed E-state index contributed by atoms with van der Waals surface area (Å²) in [6.45, 7) is 7.80. The Kier molecular flexibility index (Phi) is 4.60. The van der Waals surface area contributed by atoms with Crippen LogP contribution in [0.2, 0.25) is 0 Å². The number of nitrogens with zero attached hydrogens (tertiary/aromatic N) is 1. The van der Waals surface area contributed by atoms with Crippen LogP contribution in [-0.2, 0) is 0 Å². The van der Waals surface area contributed by atoms with Crippen molar-refractivity contribution in [3.05, 3.63) is 0 Å². The molecule has 1 N–H and O–H groups in total. The highest BCUT2D eigenvalue weighted by Gasteiger charge is 2.36. The van der Waals surface area contributed by atoms with Crippen molar-refractivity contribution in [3.8, 4) is 6.07 Å². The van der Waals surface area contributed by atoms with E-state index in [2.05, 4.69) is 32.2 Å². The highest BCUT2D eigenvalue weighted by Crippen LogP contribution is 2.35. The van der Waals surface area contributed by atoms with E-state index >= 15 is 0 Å². The molecule has 0 bridgehead atoms. The van der Waals surface area contributed by atoms with Gasteiger partial charge in [-0.2, -0.15) is 5.26 Å². The zero-order valence-electron chi connectivity index (χ0n) is 10.3. The summed E-state index contributed by atoms with van der Waals surface area (Å²) < 4.78 is 0. The van der Waals surface area contributed by atoms with Crippen LogP contribution in [0.15, 0.2) is 0 Å². The molecule has 0 amide bonds. The average Bonchev–Trinajstić information content (AvgIpc) is 2.92. The topological polar surface area (TPSA) is 35.8 Å². The van der Waals surface area contributed by atoms with Crippen LogP contribution in [0.25, 0.3) is 0 Å². The fourth-order valence-electron chi connectivity index (χ4n) is 2.08. The van der Waals surface area contributed by atoms with E-state index in [-0.39, 0.29) is 5.41 Å². The van der Waals surface area contributed by atoms with Crippen molar-refractivity contribution in [2.75, 3.05) is 6.54 Å². The van der Waals surface area contributed by atoms with Crippen molar-refractivity contribution >= 4 is 0 Å². The fraction of sp³-hybridized carbons (Fsp3) is 0.923. The van der Waals surface area contributed by atoms with Gasteiger partial charge in [0.25, 0.3) is 0 Å². The summed E-state index contributed by atoms with van der Waals surface area (Å²) in [4.78, 5) is 0. The lowest BCUT2D eigenvalue weighted by molar-refractivity contribution is 0.314. The summed E-state index contributed by atoms with van der Waals surface area (Å²) in [7, 11) is 0. The third-order valence-electron chi connectivity index (χ3n) is 3.34. The summed E-state index contributed by atoms with van der Waals surface area (Å²) >= 11 is 0. The van der Waals surface area contributed by atoms with Gasteiger partial charge in [0, 0.05) is 19.0 Å². The van der Waals surface area contributed by atoms with Gasteiger partial charge in [-0.25, -0.2) is 0 Å². The molecular weight excluding hydrogens is 184 g/mol. The predicted molar refractivity (Wildman–Crippen MR) is 63.4 cm³/mol. The molecule has 2 nitrogen and oxygen atoms in total. The average molecular weight is 208 g/mol. The minimum atomic E-state index is 0.273. The molecule has 1 rings (SSSR count). The Hall–Kier alpha value is -0.550. The molecule has 15 heavy (non-hydrogen) atoms. The molecule has 2 atom stereocenters. The van der Waals surface area contributed by atoms with E-state index in [1.165, 1.54) is 19.3 Å². The number of nitrogens with one attached hydrogen (secondary N) is 1. The second-order valence-corrected chi connectivity index (χ2v) is 5.59. The van der Waals surface area contributed by atoms with Crippen LogP contribution in [0.4, 0.5) is 0 Å². The molecule has 86 valence electrons. The minimum Gasteiger partial charge on any atom is -0.313 e. The molecule has 0 aromatic rings. The highest BCUT2D eigenvalue weighted by molar-refractivity contribution is 4.94. The SMILES string of the molecule is CCCC1CC1NCC(C)(C)CCC#N. The van der Waals surface area contributed by atoms with Crippen molar-refractivity contribution in [1.29, 1.82) is 5.26 Å². The predicted octanol–water partition coefficient (Wildman–Crippen LogP) is 3.09. The summed E-state index contributed by atoms with van der Waals surface area (Å²) in [6.07, 6.45) is 5.72. The van der Waals surface area contributed by atoms with Crippen LogP contribution in [0.3, 0.4) is 0 Å². The number of nitriles is 1. The Morgan fingerprint density at radius 2 is 2.20 bits per heavy atom. The molecule has 2 heteroatoms. The third kappa shape index (κ3) is 4.66. The van der Waals surface area contributed by atoms with Gasteiger partial charge < -0.3 is 5.32 Å². The monoisotopic (exact) mass is 208 g/mol. The van der Waals surface area contributed by atoms with Gasteiger partial charge >= 0.3 is 0 Å². The summed E-state index contributed by atoms with van der Waals surface area (Å²) in [5, 5.41) is 12.2.